The molecule has 2 nitrogen and oxygen atoms in total. The van der Waals surface area contributed by atoms with Crippen molar-refractivity contribution in [2.75, 3.05) is 5.32 Å². The molecule has 0 unspecified atom stereocenters. The van der Waals surface area contributed by atoms with Crippen molar-refractivity contribution in [2.45, 2.75) is 106 Å². The lowest BCUT2D eigenvalue weighted by molar-refractivity contribution is 0.365. The summed E-state index contributed by atoms with van der Waals surface area (Å²) in [6.45, 7) is 19.5. The number of aromatic nitrogens is 1. The van der Waals surface area contributed by atoms with Crippen molar-refractivity contribution in [3.63, 3.8) is 0 Å². The van der Waals surface area contributed by atoms with Gasteiger partial charge < -0.3 is 9.88 Å². The molecule has 0 amide bonds. The van der Waals surface area contributed by atoms with Gasteiger partial charge in [0.15, 0.2) is 0 Å². The number of benzene rings is 4. The molecule has 0 aliphatic heterocycles. The van der Waals surface area contributed by atoms with Crippen molar-refractivity contribution in [3.05, 3.63) is 107 Å². The Labute approximate surface area is 266 Å². The monoisotopic (exact) mass is 586 g/mol. The van der Waals surface area contributed by atoms with Gasteiger partial charge in [0, 0.05) is 39.7 Å². The first-order chi connectivity index (χ1) is 20.9. The maximum Gasteiger partial charge on any atom is 0.0491 e. The topological polar surface area (TPSA) is 17.0 Å². The van der Waals surface area contributed by atoms with Crippen molar-refractivity contribution in [2.24, 2.45) is 11.3 Å². The Morgan fingerprint density at radius 2 is 1.07 bits per heavy atom. The smallest absolute Gasteiger partial charge is 0.0491 e. The summed E-state index contributed by atoms with van der Waals surface area (Å²) in [6.07, 6.45) is 6.99. The van der Waals surface area contributed by atoms with E-state index >= 15 is 0 Å². The van der Waals surface area contributed by atoms with Crippen LogP contribution in [-0.2, 0) is 31.2 Å². The third-order valence-corrected chi connectivity index (χ3v) is 8.86. The number of rotatable bonds is 11. The van der Waals surface area contributed by atoms with Crippen LogP contribution in [0.15, 0.2) is 84.9 Å². The summed E-state index contributed by atoms with van der Waals surface area (Å²) >= 11 is 0. The van der Waals surface area contributed by atoms with Gasteiger partial charge >= 0.3 is 0 Å². The minimum absolute atomic E-state index is 0.174. The SMILES string of the molecule is CC(C)Cn1c2ccc(CCCc3ccc(Nc4ccc(C(C)(C)C)cc4)cc3)cc2c2cc(CCCC(C)(C)C)ccc21. The number of hydrogen-bond donors (Lipinski definition) is 1. The Hall–Kier alpha value is -3.52. The highest BCUT2D eigenvalue weighted by Gasteiger charge is 2.15. The van der Waals surface area contributed by atoms with Crippen molar-refractivity contribution < 1.29 is 0 Å². The molecule has 44 heavy (non-hydrogen) atoms. The molecule has 4 aromatic carbocycles. The van der Waals surface area contributed by atoms with Gasteiger partial charge in [0.25, 0.3) is 0 Å². The van der Waals surface area contributed by atoms with Gasteiger partial charge in [-0.25, -0.2) is 0 Å². The van der Waals surface area contributed by atoms with Crippen molar-refractivity contribution in [3.8, 4) is 0 Å². The Balaban J connectivity index is 1.25. The van der Waals surface area contributed by atoms with Gasteiger partial charge in [-0.05, 0) is 126 Å². The third kappa shape index (κ3) is 8.14. The molecule has 1 heterocycles. The molecule has 0 fully saturated rings. The van der Waals surface area contributed by atoms with Crippen LogP contribution >= 0.6 is 0 Å². The fraction of sp³-hybridized carbons (Fsp3) is 0.429. The molecule has 1 N–H and O–H groups in total. The predicted molar refractivity (Wildman–Crippen MR) is 194 cm³/mol. The molecule has 0 saturated heterocycles. The van der Waals surface area contributed by atoms with Gasteiger partial charge in [0.05, 0.1) is 0 Å². The van der Waals surface area contributed by atoms with Crippen LogP contribution < -0.4 is 5.32 Å². The molecule has 0 aliphatic rings. The largest absolute Gasteiger partial charge is 0.356 e. The van der Waals surface area contributed by atoms with E-state index in [2.05, 4.69) is 150 Å². The Bertz CT molecular complexity index is 1670. The first kappa shape index (κ1) is 31.9. The van der Waals surface area contributed by atoms with Crippen LogP contribution in [-0.4, -0.2) is 4.57 Å². The highest BCUT2D eigenvalue weighted by Crippen LogP contribution is 2.33. The fourth-order valence-electron chi connectivity index (χ4n) is 6.37. The average molecular weight is 587 g/mol. The van der Waals surface area contributed by atoms with Gasteiger partial charge in [0.1, 0.15) is 0 Å². The number of aryl methyl sites for hydroxylation is 3. The van der Waals surface area contributed by atoms with E-state index in [1.165, 1.54) is 56.9 Å². The lowest BCUT2D eigenvalue weighted by atomic mass is 9.87. The van der Waals surface area contributed by atoms with Crippen LogP contribution in [0.3, 0.4) is 0 Å². The van der Waals surface area contributed by atoms with E-state index in [9.17, 15) is 0 Å². The molecule has 0 spiro atoms. The number of nitrogens with zero attached hydrogens (tertiary/aromatic N) is 1. The summed E-state index contributed by atoms with van der Waals surface area (Å²) in [5, 5.41) is 6.40. The van der Waals surface area contributed by atoms with Gasteiger partial charge in [-0.15, -0.1) is 0 Å². The highest BCUT2D eigenvalue weighted by atomic mass is 15.0. The molecule has 5 aromatic rings. The minimum atomic E-state index is 0.174. The van der Waals surface area contributed by atoms with Crippen molar-refractivity contribution >= 4 is 33.2 Å². The van der Waals surface area contributed by atoms with Gasteiger partial charge in [-0.1, -0.05) is 91.8 Å². The lowest BCUT2D eigenvalue weighted by Gasteiger charge is -2.19. The van der Waals surface area contributed by atoms with Crippen LogP contribution in [0.25, 0.3) is 21.8 Å². The second-order valence-corrected chi connectivity index (χ2v) is 15.6. The van der Waals surface area contributed by atoms with Crippen molar-refractivity contribution in [1.82, 2.24) is 4.57 Å². The first-order valence-corrected chi connectivity index (χ1v) is 16.9. The maximum absolute atomic E-state index is 3.56. The summed E-state index contributed by atoms with van der Waals surface area (Å²) in [5.74, 6) is 0.607. The summed E-state index contributed by atoms with van der Waals surface area (Å²) in [4.78, 5) is 0. The van der Waals surface area contributed by atoms with Crippen molar-refractivity contribution in [1.29, 1.82) is 0 Å². The molecule has 0 saturated carbocycles. The molecule has 0 radical (unpaired) electrons. The van der Waals surface area contributed by atoms with E-state index in [1.54, 1.807) is 0 Å². The second kappa shape index (κ2) is 13.2. The molecule has 1 aromatic heterocycles. The first-order valence-electron chi connectivity index (χ1n) is 16.9. The minimum Gasteiger partial charge on any atom is -0.356 e. The summed E-state index contributed by atoms with van der Waals surface area (Å²) < 4.78 is 2.55. The Morgan fingerprint density at radius 3 is 1.57 bits per heavy atom. The van der Waals surface area contributed by atoms with Crippen LogP contribution in [0.2, 0.25) is 0 Å². The number of hydrogen-bond acceptors (Lipinski definition) is 1. The number of nitrogens with one attached hydrogen (secondary N) is 1. The zero-order chi connectivity index (χ0) is 31.5. The van der Waals surface area contributed by atoms with Crippen LogP contribution in [0.1, 0.15) is 96.9 Å². The van der Waals surface area contributed by atoms with Crippen LogP contribution in [0.5, 0.6) is 0 Å². The van der Waals surface area contributed by atoms with Gasteiger partial charge in [-0.3, -0.25) is 0 Å². The van der Waals surface area contributed by atoms with E-state index < -0.39 is 0 Å². The number of fused-ring (bicyclic) bond motifs is 3. The van der Waals surface area contributed by atoms with E-state index in [1.807, 2.05) is 0 Å². The van der Waals surface area contributed by atoms with Gasteiger partial charge in [-0.2, -0.15) is 0 Å². The Kier molecular flexibility index (Phi) is 9.59. The third-order valence-electron chi connectivity index (χ3n) is 8.86. The molecule has 0 atom stereocenters. The molecule has 5 rings (SSSR count). The zero-order valence-corrected chi connectivity index (χ0v) is 28.6. The second-order valence-electron chi connectivity index (χ2n) is 15.6. The molecular formula is C42H54N2. The lowest BCUT2D eigenvalue weighted by Crippen LogP contribution is -2.10. The van der Waals surface area contributed by atoms with E-state index in [-0.39, 0.29) is 5.41 Å². The van der Waals surface area contributed by atoms with Gasteiger partial charge in [0.2, 0.25) is 0 Å². The van der Waals surface area contributed by atoms with Crippen LogP contribution in [0.4, 0.5) is 11.4 Å². The normalized spacial score (nSPS) is 12.5. The molecule has 2 heteroatoms. The van der Waals surface area contributed by atoms with E-state index in [0.29, 0.717) is 11.3 Å². The van der Waals surface area contributed by atoms with Crippen LogP contribution in [0, 0.1) is 11.3 Å². The molecular weight excluding hydrogens is 532 g/mol. The summed E-state index contributed by atoms with van der Waals surface area (Å²) in [7, 11) is 0. The molecule has 232 valence electrons. The molecule has 0 bridgehead atoms. The standard InChI is InChI=1S/C42H54N2/c1-30(2)29-44-39-24-16-32(27-37(39)38-28-33(17-25-40(38)44)13-10-26-41(3,4)5)12-9-11-31-14-20-35(21-15-31)43-36-22-18-34(19-23-36)42(6,7)8/h14-25,27-28,30,43H,9-13,26,29H2,1-8H3. The molecule has 0 aliphatic carbocycles. The summed E-state index contributed by atoms with van der Waals surface area (Å²) in [6, 6.07) is 32.2. The van der Waals surface area contributed by atoms with E-state index in [4.69, 9.17) is 0 Å². The fourth-order valence-corrected chi connectivity index (χ4v) is 6.37. The highest BCUT2D eigenvalue weighted by molar-refractivity contribution is 6.08. The Morgan fingerprint density at radius 1 is 0.591 bits per heavy atom. The quantitative estimate of drug-likeness (QED) is 0.163. The predicted octanol–water partition coefficient (Wildman–Crippen LogP) is 12.0. The maximum atomic E-state index is 3.56. The zero-order valence-electron chi connectivity index (χ0n) is 28.6. The van der Waals surface area contributed by atoms with E-state index in [0.717, 1.165) is 43.6 Å². The summed E-state index contributed by atoms with van der Waals surface area (Å²) in [5.41, 5.74) is 11.3. The number of anilines is 2. The average Bonchev–Trinajstić information content (AvgIpc) is 3.25.